The predicted molar refractivity (Wildman–Crippen MR) is 87.6 cm³/mol. The highest BCUT2D eigenvalue weighted by molar-refractivity contribution is 5.74. The minimum absolute atomic E-state index is 0.351. The van der Waals surface area contributed by atoms with Crippen LogP contribution in [0.2, 0.25) is 0 Å². The fraction of sp³-hybridized carbons (Fsp3) is 0.333. The van der Waals surface area contributed by atoms with Crippen LogP contribution in [0.4, 0.5) is 5.95 Å². The second-order valence-corrected chi connectivity index (χ2v) is 5.37. The average Bonchev–Trinajstić information content (AvgIpc) is 2.89. The van der Waals surface area contributed by atoms with E-state index in [0.717, 1.165) is 16.7 Å². The quantitative estimate of drug-likeness (QED) is 0.733. The Kier molecular flexibility index (Phi) is 3.73. The number of nitrogens with one attached hydrogen (secondary N) is 1. The van der Waals surface area contributed by atoms with E-state index < -0.39 is 0 Å². The van der Waals surface area contributed by atoms with Gasteiger partial charge in [-0.05, 0) is 12.1 Å². The summed E-state index contributed by atoms with van der Waals surface area (Å²) in [6.07, 6.45) is 2.49. The SMILES string of the molecule is Cn1c(=O)c2c(nc(NCCc3ccccn3)n2C)n(C)c1=O. The number of aromatic nitrogens is 5. The molecule has 3 aromatic heterocycles. The molecular formula is C15H18N6O2. The van der Waals surface area contributed by atoms with Crippen LogP contribution in [0, 0.1) is 0 Å². The summed E-state index contributed by atoms with van der Waals surface area (Å²) < 4.78 is 4.14. The fourth-order valence-corrected chi connectivity index (χ4v) is 2.52. The summed E-state index contributed by atoms with van der Waals surface area (Å²) in [5.74, 6) is 0.550. The average molecular weight is 314 g/mol. The van der Waals surface area contributed by atoms with Gasteiger partial charge < -0.3 is 9.88 Å². The molecular weight excluding hydrogens is 296 g/mol. The molecule has 0 aliphatic carbocycles. The first kappa shape index (κ1) is 15.0. The van der Waals surface area contributed by atoms with Crippen LogP contribution >= 0.6 is 0 Å². The molecule has 3 heterocycles. The third-order valence-electron chi connectivity index (χ3n) is 3.87. The molecule has 3 rings (SSSR count). The Morgan fingerprint density at radius 1 is 1.09 bits per heavy atom. The first-order valence-electron chi connectivity index (χ1n) is 7.27. The Labute approximate surface area is 132 Å². The minimum atomic E-state index is -0.388. The Morgan fingerprint density at radius 3 is 2.57 bits per heavy atom. The lowest BCUT2D eigenvalue weighted by molar-refractivity contribution is 0.705. The summed E-state index contributed by atoms with van der Waals surface area (Å²) in [6.45, 7) is 0.627. The van der Waals surface area contributed by atoms with Gasteiger partial charge in [0, 0.05) is 46.0 Å². The molecule has 0 unspecified atom stereocenters. The molecule has 0 aromatic carbocycles. The zero-order valence-electron chi connectivity index (χ0n) is 13.3. The topological polar surface area (TPSA) is 86.7 Å². The van der Waals surface area contributed by atoms with Crippen molar-refractivity contribution in [2.45, 2.75) is 6.42 Å². The van der Waals surface area contributed by atoms with Gasteiger partial charge in [0.15, 0.2) is 11.2 Å². The number of imidazole rings is 1. The van der Waals surface area contributed by atoms with Gasteiger partial charge in [0.1, 0.15) is 0 Å². The van der Waals surface area contributed by atoms with Crippen LogP contribution in [0.25, 0.3) is 11.2 Å². The predicted octanol–water partition coefficient (Wildman–Crippen LogP) is 0.0203. The second kappa shape index (κ2) is 5.71. The molecule has 0 amide bonds. The summed E-state index contributed by atoms with van der Waals surface area (Å²) in [5.41, 5.74) is 1.01. The molecule has 1 N–H and O–H groups in total. The van der Waals surface area contributed by atoms with Gasteiger partial charge in [-0.15, -0.1) is 0 Å². The van der Waals surface area contributed by atoms with Gasteiger partial charge in [-0.25, -0.2) is 4.79 Å². The number of aryl methyl sites for hydroxylation is 2. The Hall–Kier alpha value is -2.90. The number of anilines is 1. The van der Waals surface area contributed by atoms with E-state index in [0.29, 0.717) is 23.7 Å². The van der Waals surface area contributed by atoms with Crippen molar-refractivity contribution in [3.8, 4) is 0 Å². The third kappa shape index (κ3) is 2.52. The normalized spacial score (nSPS) is 11.1. The maximum Gasteiger partial charge on any atom is 0.332 e. The van der Waals surface area contributed by atoms with Crippen LogP contribution in [-0.4, -0.2) is 30.2 Å². The van der Waals surface area contributed by atoms with Crippen molar-refractivity contribution >= 4 is 17.1 Å². The molecule has 3 aromatic rings. The van der Waals surface area contributed by atoms with Gasteiger partial charge in [-0.3, -0.25) is 18.9 Å². The van der Waals surface area contributed by atoms with Crippen molar-refractivity contribution in [1.29, 1.82) is 0 Å². The highest BCUT2D eigenvalue weighted by Gasteiger charge is 2.16. The highest BCUT2D eigenvalue weighted by atomic mass is 16.2. The van der Waals surface area contributed by atoms with E-state index in [4.69, 9.17) is 0 Å². The summed E-state index contributed by atoms with van der Waals surface area (Å²) in [4.78, 5) is 32.9. The Balaban J connectivity index is 1.92. The fourth-order valence-electron chi connectivity index (χ4n) is 2.52. The van der Waals surface area contributed by atoms with Crippen molar-refractivity contribution in [1.82, 2.24) is 23.7 Å². The second-order valence-electron chi connectivity index (χ2n) is 5.37. The van der Waals surface area contributed by atoms with Crippen LogP contribution in [0.3, 0.4) is 0 Å². The number of fused-ring (bicyclic) bond motifs is 1. The smallest absolute Gasteiger partial charge is 0.332 e. The van der Waals surface area contributed by atoms with Gasteiger partial charge in [0.2, 0.25) is 5.95 Å². The highest BCUT2D eigenvalue weighted by Crippen LogP contribution is 2.13. The maximum absolute atomic E-state index is 12.3. The number of pyridine rings is 1. The molecule has 0 fully saturated rings. The molecule has 0 spiro atoms. The van der Waals surface area contributed by atoms with E-state index in [1.54, 1.807) is 24.9 Å². The molecule has 0 radical (unpaired) electrons. The van der Waals surface area contributed by atoms with Crippen molar-refractivity contribution in [3.05, 3.63) is 50.9 Å². The van der Waals surface area contributed by atoms with Crippen molar-refractivity contribution in [2.24, 2.45) is 21.1 Å². The molecule has 0 atom stereocenters. The largest absolute Gasteiger partial charge is 0.355 e. The summed E-state index contributed by atoms with van der Waals surface area (Å²) in [5, 5.41) is 3.19. The van der Waals surface area contributed by atoms with Crippen LogP contribution in [0.5, 0.6) is 0 Å². The summed E-state index contributed by atoms with van der Waals surface area (Å²) in [7, 11) is 4.82. The number of hydrogen-bond donors (Lipinski definition) is 1. The summed E-state index contributed by atoms with van der Waals surface area (Å²) >= 11 is 0. The van der Waals surface area contributed by atoms with Crippen molar-refractivity contribution < 1.29 is 0 Å². The molecule has 0 aliphatic rings. The van der Waals surface area contributed by atoms with E-state index in [9.17, 15) is 9.59 Å². The monoisotopic (exact) mass is 314 g/mol. The molecule has 0 bridgehead atoms. The molecule has 120 valence electrons. The van der Waals surface area contributed by atoms with Gasteiger partial charge in [-0.2, -0.15) is 4.98 Å². The van der Waals surface area contributed by atoms with E-state index in [-0.39, 0.29) is 11.2 Å². The Morgan fingerprint density at radius 2 is 1.87 bits per heavy atom. The minimum Gasteiger partial charge on any atom is -0.355 e. The first-order valence-corrected chi connectivity index (χ1v) is 7.27. The van der Waals surface area contributed by atoms with E-state index in [1.165, 1.54) is 11.6 Å². The van der Waals surface area contributed by atoms with E-state index in [2.05, 4.69) is 15.3 Å². The molecule has 23 heavy (non-hydrogen) atoms. The Bertz CT molecular complexity index is 968. The lowest BCUT2D eigenvalue weighted by Crippen LogP contribution is -2.37. The number of nitrogens with zero attached hydrogens (tertiary/aromatic N) is 5. The zero-order chi connectivity index (χ0) is 16.6. The summed E-state index contributed by atoms with van der Waals surface area (Å²) in [6, 6.07) is 5.77. The number of rotatable bonds is 4. The third-order valence-corrected chi connectivity index (χ3v) is 3.87. The van der Waals surface area contributed by atoms with Gasteiger partial charge in [0.05, 0.1) is 0 Å². The standard InChI is InChI=1S/C15H18N6O2/c1-19-11-12(20(2)15(23)21(3)13(11)22)18-14(19)17-9-7-10-6-4-5-8-16-10/h4-6,8H,7,9H2,1-3H3,(H,17,18). The van der Waals surface area contributed by atoms with Gasteiger partial charge in [0.25, 0.3) is 5.56 Å². The van der Waals surface area contributed by atoms with Crippen LogP contribution in [0.15, 0.2) is 34.0 Å². The zero-order valence-corrected chi connectivity index (χ0v) is 13.3. The molecule has 0 saturated carbocycles. The lowest BCUT2D eigenvalue weighted by atomic mass is 10.3. The maximum atomic E-state index is 12.3. The molecule has 0 saturated heterocycles. The van der Waals surface area contributed by atoms with E-state index >= 15 is 0 Å². The van der Waals surface area contributed by atoms with E-state index in [1.807, 2.05) is 18.2 Å². The molecule has 8 nitrogen and oxygen atoms in total. The van der Waals surface area contributed by atoms with Gasteiger partial charge >= 0.3 is 5.69 Å². The van der Waals surface area contributed by atoms with Crippen molar-refractivity contribution in [3.63, 3.8) is 0 Å². The van der Waals surface area contributed by atoms with Gasteiger partial charge in [-0.1, -0.05) is 6.07 Å². The molecule has 8 heteroatoms. The van der Waals surface area contributed by atoms with Crippen molar-refractivity contribution in [2.75, 3.05) is 11.9 Å². The number of hydrogen-bond acceptors (Lipinski definition) is 5. The van der Waals surface area contributed by atoms with Crippen LogP contribution in [-0.2, 0) is 27.6 Å². The van der Waals surface area contributed by atoms with Crippen LogP contribution in [0.1, 0.15) is 5.69 Å². The first-order chi connectivity index (χ1) is 11.0. The van der Waals surface area contributed by atoms with Crippen LogP contribution < -0.4 is 16.6 Å². The lowest BCUT2D eigenvalue weighted by Gasteiger charge is -2.05. The molecule has 0 aliphatic heterocycles.